The molecule has 2 rings (SSSR count). The smallest absolute Gasteiger partial charge is 0.313 e. The normalized spacial score (nSPS) is 11.7. The molecule has 0 saturated carbocycles. The van der Waals surface area contributed by atoms with E-state index in [4.69, 9.17) is 5.11 Å². The lowest BCUT2D eigenvalue weighted by Crippen LogP contribution is -2.12. The Morgan fingerprint density at radius 3 is 2.75 bits per heavy atom. The molecule has 0 radical (unpaired) electrons. The third kappa shape index (κ3) is 2.77. The molecule has 9 heteroatoms. The number of aromatic nitrogens is 4. The number of hydrogen-bond acceptors (Lipinski definition) is 4. The molecule has 110 valence electrons. The van der Waals surface area contributed by atoms with Gasteiger partial charge in [0, 0.05) is 6.54 Å². The largest absolute Gasteiger partial charge is 0.481 e. The van der Waals surface area contributed by atoms with Gasteiger partial charge in [0.2, 0.25) is 0 Å². The second-order valence-electron chi connectivity index (χ2n) is 4.15. The van der Waals surface area contributed by atoms with Gasteiger partial charge in [-0.1, -0.05) is 11.8 Å². The van der Waals surface area contributed by atoms with Crippen LogP contribution in [0.5, 0.6) is 0 Å². The highest BCUT2D eigenvalue weighted by molar-refractivity contribution is 7.99. The summed E-state index contributed by atoms with van der Waals surface area (Å²) in [6.45, 7) is 3.61. The SMILES string of the molecule is CCn1nc(C)c2nc(SCC(=O)O)n(CC(F)F)c21. The van der Waals surface area contributed by atoms with Crippen LogP contribution in [-0.2, 0) is 17.9 Å². The maximum atomic E-state index is 12.7. The maximum Gasteiger partial charge on any atom is 0.313 e. The summed E-state index contributed by atoms with van der Waals surface area (Å²) in [5.74, 6) is -1.24. The number of aryl methyl sites for hydroxylation is 2. The molecule has 1 N–H and O–H groups in total. The van der Waals surface area contributed by atoms with Gasteiger partial charge in [0.15, 0.2) is 10.8 Å². The molecule has 0 bridgehead atoms. The van der Waals surface area contributed by atoms with Crippen LogP contribution < -0.4 is 0 Å². The number of carbonyl (C=O) groups is 1. The van der Waals surface area contributed by atoms with Crippen molar-refractivity contribution >= 4 is 28.9 Å². The summed E-state index contributed by atoms with van der Waals surface area (Å²) in [6.07, 6.45) is -2.54. The number of alkyl halides is 2. The van der Waals surface area contributed by atoms with Crippen LogP contribution in [0.25, 0.3) is 11.2 Å². The van der Waals surface area contributed by atoms with E-state index >= 15 is 0 Å². The fourth-order valence-electron chi connectivity index (χ4n) is 1.96. The lowest BCUT2D eigenvalue weighted by Gasteiger charge is -2.08. The van der Waals surface area contributed by atoms with E-state index in [9.17, 15) is 13.6 Å². The first kappa shape index (κ1) is 14.8. The highest BCUT2D eigenvalue weighted by atomic mass is 32.2. The van der Waals surface area contributed by atoms with E-state index in [-0.39, 0.29) is 10.9 Å². The van der Waals surface area contributed by atoms with Crippen LogP contribution in [0.4, 0.5) is 8.78 Å². The van der Waals surface area contributed by atoms with Crippen LogP contribution in [0.3, 0.4) is 0 Å². The zero-order valence-corrected chi connectivity index (χ0v) is 11.8. The van der Waals surface area contributed by atoms with E-state index in [0.717, 1.165) is 11.8 Å². The second-order valence-corrected chi connectivity index (χ2v) is 5.09. The van der Waals surface area contributed by atoms with Crippen molar-refractivity contribution in [3.8, 4) is 0 Å². The summed E-state index contributed by atoms with van der Waals surface area (Å²) in [5, 5.41) is 13.2. The molecule has 0 unspecified atom stereocenters. The van der Waals surface area contributed by atoms with Crippen molar-refractivity contribution in [2.24, 2.45) is 0 Å². The molecular formula is C11H14F2N4O2S. The summed E-state index contributed by atoms with van der Waals surface area (Å²) in [6, 6.07) is 0. The number of carboxylic acid groups (broad SMARTS) is 1. The minimum absolute atomic E-state index is 0.221. The Labute approximate surface area is 117 Å². The van der Waals surface area contributed by atoms with Crippen molar-refractivity contribution in [1.29, 1.82) is 0 Å². The lowest BCUT2D eigenvalue weighted by atomic mass is 10.4. The number of imidazole rings is 1. The summed E-state index contributed by atoms with van der Waals surface area (Å²) >= 11 is 0.933. The van der Waals surface area contributed by atoms with E-state index in [2.05, 4.69) is 10.1 Å². The average Bonchev–Trinajstić information content (AvgIpc) is 2.86. The van der Waals surface area contributed by atoms with Gasteiger partial charge in [-0.05, 0) is 13.8 Å². The Bertz CT molecular complexity index is 638. The predicted octanol–water partition coefficient (Wildman–Crippen LogP) is 2.00. The van der Waals surface area contributed by atoms with Crippen LogP contribution in [-0.4, -0.2) is 42.6 Å². The Morgan fingerprint density at radius 1 is 1.50 bits per heavy atom. The number of hydrogen-bond donors (Lipinski definition) is 1. The highest BCUT2D eigenvalue weighted by Crippen LogP contribution is 2.27. The molecule has 6 nitrogen and oxygen atoms in total. The van der Waals surface area contributed by atoms with Gasteiger partial charge >= 0.3 is 5.97 Å². The molecule has 0 spiro atoms. The van der Waals surface area contributed by atoms with Crippen molar-refractivity contribution in [3.63, 3.8) is 0 Å². The molecule has 0 aromatic carbocycles. The van der Waals surface area contributed by atoms with Crippen molar-refractivity contribution in [2.45, 2.75) is 38.5 Å². The van der Waals surface area contributed by atoms with Crippen molar-refractivity contribution < 1.29 is 18.7 Å². The molecule has 0 amide bonds. The van der Waals surface area contributed by atoms with Crippen molar-refractivity contribution in [1.82, 2.24) is 19.3 Å². The molecule has 0 aliphatic rings. The number of halogens is 2. The maximum absolute atomic E-state index is 12.7. The van der Waals surface area contributed by atoms with Gasteiger partial charge in [-0.3, -0.25) is 9.36 Å². The van der Waals surface area contributed by atoms with Crippen LogP contribution >= 0.6 is 11.8 Å². The number of nitrogens with zero attached hydrogens (tertiary/aromatic N) is 4. The van der Waals surface area contributed by atoms with Gasteiger partial charge < -0.3 is 5.11 Å². The van der Waals surface area contributed by atoms with E-state index in [1.807, 2.05) is 6.92 Å². The predicted molar refractivity (Wildman–Crippen MR) is 70.3 cm³/mol. The van der Waals surface area contributed by atoms with Crippen molar-refractivity contribution in [2.75, 3.05) is 5.75 Å². The van der Waals surface area contributed by atoms with E-state index in [0.29, 0.717) is 23.4 Å². The number of aliphatic carboxylic acids is 1. The van der Waals surface area contributed by atoms with Crippen molar-refractivity contribution in [3.05, 3.63) is 5.69 Å². The molecule has 2 heterocycles. The zero-order valence-electron chi connectivity index (χ0n) is 11.0. The van der Waals surface area contributed by atoms with Gasteiger partial charge in [0.05, 0.1) is 18.0 Å². The van der Waals surface area contributed by atoms with Gasteiger partial charge in [0.1, 0.15) is 5.52 Å². The molecular weight excluding hydrogens is 290 g/mol. The van der Waals surface area contributed by atoms with E-state index in [1.165, 1.54) is 4.57 Å². The minimum Gasteiger partial charge on any atom is -0.481 e. The van der Waals surface area contributed by atoms with Crippen LogP contribution in [0.15, 0.2) is 5.16 Å². The molecule has 2 aromatic rings. The Morgan fingerprint density at radius 2 is 2.20 bits per heavy atom. The third-order valence-corrected chi connectivity index (χ3v) is 3.67. The first-order valence-electron chi connectivity index (χ1n) is 6.00. The van der Waals surface area contributed by atoms with Crippen LogP contribution in [0.2, 0.25) is 0 Å². The number of fused-ring (bicyclic) bond motifs is 1. The quantitative estimate of drug-likeness (QED) is 0.826. The molecule has 2 aromatic heterocycles. The van der Waals surface area contributed by atoms with Gasteiger partial charge in [-0.15, -0.1) is 0 Å². The fourth-order valence-corrected chi connectivity index (χ4v) is 2.69. The summed E-state index contributed by atoms with van der Waals surface area (Å²) in [7, 11) is 0. The number of thioether (sulfide) groups is 1. The highest BCUT2D eigenvalue weighted by Gasteiger charge is 2.21. The van der Waals surface area contributed by atoms with Crippen LogP contribution in [0, 0.1) is 6.92 Å². The summed E-state index contributed by atoms with van der Waals surface area (Å²) < 4.78 is 28.4. The standard InChI is InChI=1S/C11H14F2N4O2S/c1-3-17-10-9(6(2)15-17)14-11(20-5-8(18)19)16(10)4-7(12)13/h7H,3-5H2,1-2H3,(H,18,19). The first-order valence-corrected chi connectivity index (χ1v) is 6.99. The number of carboxylic acids is 1. The Kier molecular flexibility index (Phi) is 4.26. The third-order valence-electron chi connectivity index (χ3n) is 2.71. The number of rotatable bonds is 6. The Balaban J connectivity index is 2.52. The summed E-state index contributed by atoms with van der Waals surface area (Å²) in [4.78, 5) is 14.9. The molecule has 0 aliphatic carbocycles. The monoisotopic (exact) mass is 304 g/mol. The summed E-state index contributed by atoms with van der Waals surface area (Å²) in [5.41, 5.74) is 1.70. The topological polar surface area (TPSA) is 72.9 Å². The van der Waals surface area contributed by atoms with Gasteiger partial charge in [0.25, 0.3) is 6.43 Å². The van der Waals surface area contributed by atoms with Gasteiger partial charge in [-0.2, -0.15) is 5.10 Å². The molecule has 0 saturated heterocycles. The fraction of sp³-hybridized carbons (Fsp3) is 0.545. The Hall–Kier alpha value is -1.64. The van der Waals surface area contributed by atoms with Gasteiger partial charge in [-0.25, -0.2) is 18.4 Å². The molecule has 0 atom stereocenters. The van der Waals surface area contributed by atoms with Crippen LogP contribution in [0.1, 0.15) is 12.6 Å². The lowest BCUT2D eigenvalue weighted by molar-refractivity contribution is -0.133. The minimum atomic E-state index is -2.54. The molecule has 0 fully saturated rings. The first-order chi connectivity index (χ1) is 9.43. The van der Waals surface area contributed by atoms with E-state index in [1.54, 1.807) is 11.6 Å². The average molecular weight is 304 g/mol. The molecule has 0 aliphatic heterocycles. The molecule has 20 heavy (non-hydrogen) atoms. The van der Waals surface area contributed by atoms with E-state index < -0.39 is 18.9 Å². The second kappa shape index (κ2) is 5.78. The zero-order chi connectivity index (χ0) is 14.9.